The summed E-state index contributed by atoms with van der Waals surface area (Å²) in [5.74, 6) is 0.357. The maximum atomic E-state index is 9.57. The number of aryl methyl sites for hydroxylation is 1. The van der Waals surface area contributed by atoms with Crippen LogP contribution in [-0.4, -0.2) is 18.2 Å². The van der Waals surface area contributed by atoms with Gasteiger partial charge >= 0.3 is 0 Å². The molecule has 0 spiro atoms. The summed E-state index contributed by atoms with van der Waals surface area (Å²) in [6.45, 7) is 3.90. The zero-order valence-electron chi connectivity index (χ0n) is 12.5. The molecule has 3 N–H and O–H groups in total. The Labute approximate surface area is 152 Å². The molecule has 1 heterocycles. The van der Waals surface area contributed by atoms with Crippen molar-refractivity contribution in [1.29, 1.82) is 0 Å². The fourth-order valence-corrected chi connectivity index (χ4v) is 2.71. The number of fused-ring (bicyclic) bond motifs is 1. The van der Waals surface area contributed by atoms with Crippen LogP contribution in [0.15, 0.2) is 42.5 Å². The fourth-order valence-electron chi connectivity index (χ4n) is 2.71. The molecule has 5 heteroatoms. The van der Waals surface area contributed by atoms with Gasteiger partial charge in [-0.3, -0.25) is 0 Å². The van der Waals surface area contributed by atoms with Gasteiger partial charge in [-0.2, -0.15) is 0 Å². The van der Waals surface area contributed by atoms with E-state index in [1.54, 1.807) is 6.07 Å². The Balaban J connectivity index is 0.00000121. The van der Waals surface area contributed by atoms with E-state index in [1.807, 2.05) is 12.1 Å². The predicted octanol–water partition coefficient (Wildman–Crippen LogP) is 4.16. The van der Waals surface area contributed by atoms with Gasteiger partial charge in [0.15, 0.2) is 0 Å². The molecule has 0 saturated carbocycles. The van der Waals surface area contributed by atoms with Gasteiger partial charge in [0.2, 0.25) is 0 Å². The first kappa shape index (κ1) is 19.0. The molecule has 3 rings (SSSR count). The van der Waals surface area contributed by atoms with Gasteiger partial charge in [0.1, 0.15) is 5.75 Å². The Bertz CT molecular complexity index is 602. The zero-order valence-corrected chi connectivity index (χ0v) is 15.9. The third-order valence-corrected chi connectivity index (χ3v) is 3.85. The molecule has 0 fully saturated rings. The minimum absolute atomic E-state index is 0. The molecule has 1 atom stereocenters. The van der Waals surface area contributed by atoms with Crippen molar-refractivity contribution >= 4 is 39.7 Å². The van der Waals surface area contributed by atoms with Crippen molar-refractivity contribution in [2.75, 3.05) is 18.4 Å². The Hall–Kier alpha value is -1.04. The van der Waals surface area contributed by atoms with E-state index in [0.717, 1.165) is 25.2 Å². The lowest BCUT2D eigenvalue weighted by atomic mass is 9.94. The van der Waals surface area contributed by atoms with Gasteiger partial charge in [-0.15, -0.1) is 34.0 Å². The summed E-state index contributed by atoms with van der Waals surface area (Å²) in [6, 6.07) is 14.4. The average Bonchev–Trinajstić information content (AvgIpc) is 2.46. The molecule has 0 saturated heterocycles. The molecule has 0 amide bonds. The van der Waals surface area contributed by atoms with Crippen LogP contribution in [-0.2, 0) is 6.42 Å². The second-order valence-electron chi connectivity index (χ2n) is 5.39. The first-order valence-electron chi connectivity index (χ1n) is 7.08. The quantitative estimate of drug-likeness (QED) is 0.686. The van der Waals surface area contributed by atoms with Crippen molar-refractivity contribution in [2.45, 2.75) is 19.4 Å². The van der Waals surface area contributed by atoms with Gasteiger partial charge in [0.25, 0.3) is 0 Å². The predicted molar refractivity (Wildman–Crippen MR) is 103 cm³/mol. The first-order valence-corrected chi connectivity index (χ1v) is 7.08. The SMILES string of the molecule is Br.Br.Cc1ccc(NCC2NCCc3cc(O)ccc32)cc1. The Morgan fingerprint density at radius 2 is 1.86 bits per heavy atom. The number of nitrogens with one attached hydrogen (secondary N) is 2. The molecule has 2 aromatic rings. The highest BCUT2D eigenvalue weighted by molar-refractivity contribution is 8.93. The van der Waals surface area contributed by atoms with E-state index in [9.17, 15) is 5.11 Å². The molecular formula is C17H22Br2N2O. The molecule has 0 aromatic heterocycles. The molecule has 120 valence electrons. The van der Waals surface area contributed by atoms with Gasteiger partial charge in [-0.25, -0.2) is 0 Å². The van der Waals surface area contributed by atoms with Crippen molar-refractivity contribution in [1.82, 2.24) is 5.32 Å². The number of benzene rings is 2. The van der Waals surface area contributed by atoms with Crippen molar-refractivity contribution in [3.8, 4) is 5.75 Å². The Kier molecular flexibility index (Phi) is 7.39. The van der Waals surface area contributed by atoms with Crippen molar-refractivity contribution in [2.24, 2.45) is 0 Å². The van der Waals surface area contributed by atoms with E-state index in [1.165, 1.54) is 16.7 Å². The molecule has 1 aliphatic rings. The average molecular weight is 430 g/mol. The molecule has 1 unspecified atom stereocenters. The lowest BCUT2D eigenvalue weighted by molar-refractivity contribution is 0.469. The minimum Gasteiger partial charge on any atom is -0.508 e. The maximum absolute atomic E-state index is 9.57. The fraction of sp³-hybridized carbons (Fsp3) is 0.294. The van der Waals surface area contributed by atoms with Crippen molar-refractivity contribution in [3.05, 3.63) is 59.2 Å². The monoisotopic (exact) mass is 428 g/mol. The molecule has 3 nitrogen and oxygen atoms in total. The van der Waals surface area contributed by atoms with Crippen LogP contribution in [0.1, 0.15) is 22.7 Å². The summed E-state index contributed by atoms with van der Waals surface area (Å²) in [6.07, 6.45) is 0.977. The van der Waals surface area contributed by atoms with Gasteiger partial charge in [0.05, 0.1) is 0 Å². The van der Waals surface area contributed by atoms with E-state index >= 15 is 0 Å². The van der Waals surface area contributed by atoms with E-state index in [-0.39, 0.29) is 34.0 Å². The van der Waals surface area contributed by atoms with Gasteiger partial charge in [0, 0.05) is 18.3 Å². The number of phenolic OH excluding ortho intramolecular Hbond substituents is 1. The largest absolute Gasteiger partial charge is 0.508 e. The van der Waals surface area contributed by atoms with E-state index in [4.69, 9.17) is 0 Å². The van der Waals surface area contributed by atoms with Crippen LogP contribution >= 0.6 is 34.0 Å². The van der Waals surface area contributed by atoms with Gasteiger partial charge in [-0.1, -0.05) is 23.8 Å². The number of hydrogen-bond acceptors (Lipinski definition) is 3. The normalized spacial score (nSPS) is 16.0. The van der Waals surface area contributed by atoms with Crippen LogP contribution in [0.5, 0.6) is 5.75 Å². The summed E-state index contributed by atoms with van der Waals surface area (Å²) in [7, 11) is 0. The smallest absolute Gasteiger partial charge is 0.115 e. The molecular weight excluding hydrogens is 408 g/mol. The third-order valence-electron chi connectivity index (χ3n) is 3.85. The van der Waals surface area contributed by atoms with E-state index in [2.05, 4.69) is 41.8 Å². The summed E-state index contributed by atoms with van der Waals surface area (Å²) in [5.41, 5.74) is 4.95. The summed E-state index contributed by atoms with van der Waals surface area (Å²) in [4.78, 5) is 0. The summed E-state index contributed by atoms with van der Waals surface area (Å²) in [5, 5.41) is 16.6. The zero-order chi connectivity index (χ0) is 13.9. The number of aromatic hydroxyl groups is 1. The van der Waals surface area contributed by atoms with Crippen LogP contribution in [0.25, 0.3) is 0 Å². The number of hydrogen-bond donors (Lipinski definition) is 3. The lowest BCUT2D eigenvalue weighted by Crippen LogP contribution is -2.34. The van der Waals surface area contributed by atoms with Gasteiger partial charge in [-0.05, 0) is 55.3 Å². The Morgan fingerprint density at radius 3 is 2.59 bits per heavy atom. The van der Waals surface area contributed by atoms with E-state index < -0.39 is 0 Å². The maximum Gasteiger partial charge on any atom is 0.115 e. The van der Waals surface area contributed by atoms with Crippen LogP contribution in [0.3, 0.4) is 0 Å². The highest BCUT2D eigenvalue weighted by atomic mass is 79.9. The van der Waals surface area contributed by atoms with Gasteiger partial charge < -0.3 is 15.7 Å². The van der Waals surface area contributed by atoms with Crippen molar-refractivity contribution in [3.63, 3.8) is 0 Å². The lowest BCUT2D eigenvalue weighted by Gasteiger charge is -2.27. The number of rotatable bonds is 3. The van der Waals surface area contributed by atoms with Crippen LogP contribution in [0.2, 0.25) is 0 Å². The Morgan fingerprint density at radius 1 is 1.14 bits per heavy atom. The third kappa shape index (κ3) is 4.48. The van der Waals surface area contributed by atoms with Crippen LogP contribution in [0.4, 0.5) is 5.69 Å². The highest BCUT2D eigenvalue weighted by Gasteiger charge is 2.19. The standard InChI is InChI=1S/C17H20N2O.2BrH/c1-12-2-4-14(5-3-12)19-11-17-16-7-6-15(20)10-13(16)8-9-18-17;;/h2-7,10,17-20H,8-9,11H2,1H3;2*1H. The second-order valence-corrected chi connectivity index (χ2v) is 5.39. The summed E-state index contributed by atoms with van der Waals surface area (Å²) < 4.78 is 0. The van der Waals surface area contributed by atoms with Crippen LogP contribution in [0, 0.1) is 6.92 Å². The molecule has 22 heavy (non-hydrogen) atoms. The number of phenols is 1. The van der Waals surface area contributed by atoms with Crippen LogP contribution < -0.4 is 10.6 Å². The van der Waals surface area contributed by atoms with Crippen molar-refractivity contribution < 1.29 is 5.11 Å². The first-order chi connectivity index (χ1) is 9.72. The second kappa shape index (κ2) is 8.56. The number of halogens is 2. The molecule has 1 aliphatic heterocycles. The minimum atomic E-state index is 0. The van der Waals surface area contributed by atoms with E-state index in [0.29, 0.717) is 11.8 Å². The molecule has 0 bridgehead atoms. The highest BCUT2D eigenvalue weighted by Crippen LogP contribution is 2.26. The topological polar surface area (TPSA) is 44.3 Å². The molecule has 2 aromatic carbocycles. The molecule has 0 aliphatic carbocycles. The molecule has 0 radical (unpaired) electrons. The summed E-state index contributed by atoms with van der Waals surface area (Å²) >= 11 is 0. The number of anilines is 1.